The van der Waals surface area contributed by atoms with Gasteiger partial charge >= 0.3 is 0 Å². The fraction of sp³-hybridized carbons (Fsp3) is 0.190. The number of hydrogen-bond donors (Lipinski definition) is 1. The molecule has 2 aromatic heterocycles. The third-order valence-corrected chi connectivity index (χ3v) is 7.19. The summed E-state index contributed by atoms with van der Waals surface area (Å²) >= 11 is 7.48. The lowest BCUT2D eigenvalue weighted by atomic mass is 10.3. The Bertz CT molecular complexity index is 1390. The van der Waals surface area contributed by atoms with Crippen LogP contribution in [0.1, 0.15) is 18.4 Å². The number of methoxy groups -OCH3 is 1. The van der Waals surface area contributed by atoms with E-state index in [0.717, 1.165) is 22.0 Å². The predicted octanol–water partition coefficient (Wildman–Crippen LogP) is 4.61. The van der Waals surface area contributed by atoms with Crippen LogP contribution in [0.5, 0.6) is 5.75 Å². The monoisotopic (exact) mass is 489 g/mol. The molecule has 2 aromatic carbocycles. The molecule has 0 fully saturated rings. The second kappa shape index (κ2) is 8.97. The summed E-state index contributed by atoms with van der Waals surface area (Å²) in [6.07, 6.45) is 0.781. The quantitative estimate of drug-likeness (QED) is 0.378. The van der Waals surface area contributed by atoms with Crippen molar-refractivity contribution in [2.75, 3.05) is 11.8 Å². The molecule has 0 aliphatic heterocycles. The fourth-order valence-corrected chi connectivity index (χ4v) is 5.43. The summed E-state index contributed by atoms with van der Waals surface area (Å²) in [4.78, 5) is 9.74. The molecule has 4 rings (SSSR count). The molecule has 2 heterocycles. The first-order chi connectivity index (χ1) is 15.3. The van der Waals surface area contributed by atoms with Crippen LogP contribution in [0, 0.1) is 6.92 Å². The summed E-state index contributed by atoms with van der Waals surface area (Å²) < 4.78 is 35.1. The molecule has 0 atom stereocenters. The number of benzene rings is 2. The molecule has 32 heavy (non-hydrogen) atoms. The second-order valence-corrected chi connectivity index (χ2v) is 10.0. The van der Waals surface area contributed by atoms with Gasteiger partial charge in [0.15, 0.2) is 0 Å². The van der Waals surface area contributed by atoms with E-state index in [-0.39, 0.29) is 10.6 Å². The molecule has 0 aliphatic carbocycles. The highest BCUT2D eigenvalue weighted by atomic mass is 35.5. The SMILES string of the molecule is CCc1cc(Sc2ccc(NS(=O)(=O)c3cc(Cl)ccc3OC)cc2)n2nc(C)nc2n1. The largest absolute Gasteiger partial charge is 0.495 e. The van der Waals surface area contributed by atoms with Gasteiger partial charge in [0.1, 0.15) is 21.5 Å². The Kier molecular flexibility index (Phi) is 6.27. The number of halogens is 1. The number of anilines is 1. The van der Waals surface area contributed by atoms with Crippen molar-refractivity contribution in [2.45, 2.75) is 35.1 Å². The third-order valence-electron chi connectivity index (χ3n) is 4.54. The van der Waals surface area contributed by atoms with Gasteiger partial charge in [-0.05, 0) is 61.9 Å². The van der Waals surface area contributed by atoms with Crippen LogP contribution in [0.25, 0.3) is 5.78 Å². The molecule has 0 aliphatic rings. The van der Waals surface area contributed by atoms with Crippen LogP contribution in [-0.2, 0) is 16.4 Å². The molecule has 0 saturated carbocycles. The van der Waals surface area contributed by atoms with Gasteiger partial charge in [-0.3, -0.25) is 4.72 Å². The van der Waals surface area contributed by atoms with E-state index in [1.54, 1.807) is 22.7 Å². The van der Waals surface area contributed by atoms with Gasteiger partial charge < -0.3 is 4.74 Å². The average molecular weight is 490 g/mol. The summed E-state index contributed by atoms with van der Waals surface area (Å²) in [5, 5.41) is 5.60. The number of ether oxygens (including phenoxy) is 1. The van der Waals surface area contributed by atoms with Gasteiger partial charge in [-0.2, -0.15) is 9.50 Å². The summed E-state index contributed by atoms with van der Waals surface area (Å²) in [6.45, 7) is 3.86. The predicted molar refractivity (Wildman–Crippen MR) is 124 cm³/mol. The molecule has 8 nitrogen and oxygen atoms in total. The van der Waals surface area contributed by atoms with Crippen LogP contribution >= 0.6 is 23.4 Å². The van der Waals surface area contributed by atoms with Crippen molar-refractivity contribution in [3.05, 3.63) is 65.1 Å². The molecule has 4 aromatic rings. The number of hydrogen-bond acceptors (Lipinski definition) is 7. The van der Waals surface area contributed by atoms with Crippen molar-refractivity contribution in [1.82, 2.24) is 19.6 Å². The van der Waals surface area contributed by atoms with Crippen molar-refractivity contribution in [2.24, 2.45) is 0 Å². The van der Waals surface area contributed by atoms with Gasteiger partial charge in [0, 0.05) is 21.3 Å². The van der Waals surface area contributed by atoms with Crippen molar-refractivity contribution in [1.29, 1.82) is 0 Å². The minimum atomic E-state index is -3.88. The zero-order valence-electron chi connectivity index (χ0n) is 17.5. The van der Waals surface area contributed by atoms with E-state index in [4.69, 9.17) is 16.3 Å². The molecule has 1 N–H and O–H groups in total. The Balaban J connectivity index is 1.58. The normalized spacial score (nSPS) is 11.6. The molecule has 0 saturated heterocycles. The molecule has 0 unspecified atom stereocenters. The zero-order valence-corrected chi connectivity index (χ0v) is 19.9. The maximum absolute atomic E-state index is 12.8. The average Bonchev–Trinajstić information content (AvgIpc) is 3.15. The topological polar surface area (TPSA) is 98.5 Å². The Labute approximate surface area is 195 Å². The molecule has 11 heteroatoms. The third kappa shape index (κ3) is 4.67. The van der Waals surface area contributed by atoms with Crippen molar-refractivity contribution in [3.63, 3.8) is 0 Å². The van der Waals surface area contributed by atoms with Gasteiger partial charge in [0.2, 0.25) is 0 Å². The van der Waals surface area contributed by atoms with Gasteiger partial charge in [0.25, 0.3) is 15.8 Å². The molecule has 0 bridgehead atoms. The Morgan fingerprint density at radius 2 is 1.88 bits per heavy atom. The van der Waals surface area contributed by atoms with E-state index >= 15 is 0 Å². The molecular formula is C21H20ClN5O3S2. The van der Waals surface area contributed by atoms with E-state index in [2.05, 4.69) is 19.8 Å². The molecule has 0 radical (unpaired) electrons. The van der Waals surface area contributed by atoms with Crippen LogP contribution in [0.2, 0.25) is 5.02 Å². The van der Waals surface area contributed by atoms with E-state index in [9.17, 15) is 8.42 Å². The van der Waals surface area contributed by atoms with Gasteiger partial charge in [-0.1, -0.05) is 30.3 Å². The number of aromatic nitrogens is 4. The Morgan fingerprint density at radius 1 is 1.12 bits per heavy atom. The lowest BCUT2D eigenvalue weighted by Gasteiger charge is -2.12. The number of nitrogens with zero attached hydrogens (tertiary/aromatic N) is 4. The fourth-order valence-electron chi connectivity index (χ4n) is 3.02. The van der Waals surface area contributed by atoms with Crippen LogP contribution in [-0.4, -0.2) is 35.1 Å². The summed E-state index contributed by atoms with van der Waals surface area (Å²) in [5.74, 6) is 1.42. The lowest BCUT2D eigenvalue weighted by Crippen LogP contribution is -2.14. The zero-order chi connectivity index (χ0) is 22.9. The summed E-state index contributed by atoms with van der Waals surface area (Å²) in [7, 11) is -2.47. The number of sulfonamides is 1. The highest BCUT2D eigenvalue weighted by molar-refractivity contribution is 7.99. The number of nitrogens with one attached hydrogen (secondary N) is 1. The van der Waals surface area contributed by atoms with Crippen molar-refractivity contribution in [3.8, 4) is 5.75 Å². The van der Waals surface area contributed by atoms with Crippen molar-refractivity contribution < 1.29 is 13.2 Å². The Hall–Kier alpha value is -2.82. The smallest absolute Gasteiger partial charge is 0.265 e. The first-order valence-corrected chi connectivity index (χ1v) is 12.3. The van der Waals surface area contributed by atoms with Crippen LogP contribution in [0.4, 0.5) is 5.69 Å². The number of fused-ring (bicyclic) bond motifs is 1. The van der Waals surface area contributed by atoms with E-state index < -0.39 is 10.0 Å². The highest BCUT2D eigenvalue weighted by Gasteiger charge is 2.20. The first kappa shape index (κ1) is 22.4. The highest BCUT2D eigenvalue weighted by Crippen LogP contribution is 2.31. The van der Waals surface area contributed by atoms with Gasteiger partial charge in [0.05, 0.1) is 7.11 Å². The Morgan fingerprint density at radius 3 is 2.56 bits per heavy atom. The van der Waals surface area contributed by atoms with E-state index in [0.29, 0.717) is 22.3 Å². The molecule has 0 amide bonds. The molecule has 0 spiro atoms. The molecular weight excluding hydrogens is 470 g/mol. The van der Waals surface area contributed by atoms with Crippen LogP contribution in [0.3, 0.4) is 0 Å². The van der Waals surface area contributed by atoms with Crippen LogP contribution in [0.15, 0.2) is 63.3 Å². The minimum absolute atomic E-state index is 0.0289. The number of aryl methyl sites for hydroxylation is 2. The van der Waals surface area contributed by atoms with Crippen LogP contribution < -0.4 is 9.46 Å². The standard InChI is InChI=1S/C21H20ClN5O3S2/c1-4-15-12-20(27-21(24-15)23-13(2)25-27)31-17-8-6-16(7-9-17)26-32(28,29)19-11-14(22)5-10-18(19)30-3/h5-12,26H,4H2,1-3H3. The summed E-state index contributed by atoms with van der Waals surface area (Å²) in [6, 6.07) is 13.5. The van der Waals surface area contributed by atoms with Gasteiger partial charge in [-0.15, -0.1) is 5.10 Å². The summed E-state index contributed by atoms with van der Waals surface area (Å²) in [5.41, 5.74) is 1.34. The first-order valence-electron chi connectivity index (χ1n) is 9.66. The lowest BCUT2D eigenvalue weighted by molar-refractivity contribution is 0.403. The second-order valence-electron chi connectivity index (χ2n) is 6.84. The van der Waals surface area contributed by atoms with Gasteiger partial charge in [-0.25, -0.2) is 13.4 Å². The number of rotatable bonds is 7. The maximum Gasteiger partial charge on any atom is 0.265 e. The minimum Gasteiger partial charge on any atom is -0.495 e. The van der Waals surface area contributed by atoms with Crippen molar-refractivity contribution >= 4 is 44.9 Å². The molecule has 166 valence electrons. The maximum atomic E-state index is 12.8. The van der Waals surface area contributed by atoms with E-state index in [1.165, 1.54) is 31.0 Å². The van der Waals surface area contributed by atoms with E-state index in [1.807, 2.05) is 32.0 Å².